The molecular weight excluding hydrogens is 242 g/mol. The number of methoxy groups -OCH3 is 1. The molecule has 2 N–H and O–H groups in total. The van der Waals surface area contributed by atoms with Crippen LogP contribution in [0.25, 0.3) is 0 Å². The first kappa shape index (κ1) is 13.1. The van der Waals surface area contributed by atoms with Crippen molar-refractivity contribution in [2.45, 2.75) is 19.9 Å². The number of ether oxygens (including phenoxy) is 1. The molecule has 100 valence electrons. The maximum absolute atomic E-state index is 5.27. The highest BCUT2D eigenvalue weighted by atomic mass is 16.5. The zero-order valence-corrected chi connectivity index (χ0v) is 11.2. The molecule has 2 aromatic rings. The van der Waals surface area contributed by atoms with E-state index in [4.69, 9.17) is 4.74 Å². The lowest BCUT2D eigenvalue weighted by Gasteiger charge is -2.11. The summed E-state index contributed by atoms with van der Waals surface area (Å²) in [5.41, 5.74) is 0.834. The van der Waals surface area contributed by atoms with Crippen molar-refractivity contribution in [3.05, 3.63) is 30.5 Å². The molecule has 1 heterocycles. The fourth-order valence-electron chi connectivity index (χ4n) is 1.57. The average molecular weight is 259 g/mol. The summed E-state index contributed by atoms with van der Waals surface area (Å²) in [4.78, 5) is 4.33. The second kappa shape index (κ2) is 5.99. The fourth-order valence-corrected chi connectivity index (χ4v) is 1.57. The van der Waals surface area contributed by atoms with Gasteiger partial charge >= 0.3 is 0 Å². The molecule has 0 atom stereocenters. The van der Waals surface area contributed by atoms with Crippen molar-refractivity contribution in [1.29, 1.82) is 0 Å². The van der Waals surface area contributed by atoms with Gasteiger partial charge in [0.25, 0.3) is 0 Å². The molecule has 0 amide bonds. The maximum Gasteiger partial charge on any atom is 0.244 e. The largest absolute Gasteiger partial charge is 0.495 e. The van der Waals surface area contributed by atoms with Gasteiger partial charge in [0, 0.05) is 6.04 Å². The number of benzene rings is 1. The van der Waals surface area contributed by atoms with Gasteiger partial charge < -0.3 is 15.4 Å². The summed E-state index contributed by atoms with van der Waals surface area (Å²) in [7, 11) is 1.63. The molecular formula is C13H17N5O. The summed E-state index contributed by atoms with van der Waals surface area (Å²) in [6.45, 7) is 4.04. The number of rotatable bonds is 5. The second-order valence-electron chi connectivity index (χ2n) is 4.29. The zero-order valence-electron chi connectivity index (χ0n) is 11.2. The van der Waals surface area contributed by atoms with Gasteiger partial charge in [0.05, 0.1) is 19.0 Å². The third-order valence-electron chi connectivity index (χ3n) is 2.35. The highest BCUT2D eigenvalue weighted by Crippen LogP contribution is 2.25. The summed E-state index contributed by atoms with van der Waals surface area (Å²) >= 11 is 0. The van der Waals surface area contributed by atoms with Gasteiger partial charge in [0.2, 0.25) is 5.95 Å². The smallest absolute Gasteiger partial charge is 0.244 e. The Hall–Kier alpha value is -2.37. The first-order valence-electron chi connectivity index (χ1n) is 6.05. The predicted octanol–water partition coefficient (Wildman–Crippen LogP) is 2.44. The van der Waals surface area contributed by atoms with E-state index in [1.54, 1.807) is 13.3 Å². The van der Waals surface area contributed by atoms with E-state index in [2.05, 4.69) is 25.8 Å². The standard InChI is InChI=1S/C13H17N5O/c1-9(2)15-13-17-12(8-14-18-13)16-10-6-4-5-7-11(10)19-3/h4-9H,1-3H3,(H2,15,16,17,18). The highest BCUT2D eigenvalue weighted by molar-refractivity contribution is 5.63. The van der Waals surface area contributed by atoms with E-state index in [0.717, 1.165) is 11.4 Å². The minimum atomic E-state index is 0.253. The van der Waals surface area contributed by atoms with E-state index >= 15 is 0 Å². The summed E-state index contributed by atoms with van der Waals surface area (Å²) in [5.74, 6) is 1.86. The Morgan fingerprint density at radius 2 is 2.00 bits per heavy atom. The number of anilines is 3. The van der Waals surface area contributed by atoms with Gasteiger partial charge in [-0.15, -0.1) is 5.10 Å². The number of hydrogen-bond acceptors (Lipinski definition) is 6. The predicted molar refractivity (Wildman–Crippen MR) is 74.9 cm³/mol. The molecule has 2 rings (SSSR count). The maximum atomic E-state index is 5.27. The topological polar surface area (TPSA) is 72.0 Å². The van der Waals surface area contributed by atoms with E-state index in [9.17, 15) is 0 Å². The van der Waals surface area contributed by atoms with E-state index in [-0.39, 0.29) is 6.04 Å². The molecule has 19 heavy (non-hydrogen) atoms. The van der Waals surface area contributed by atoms with Crippen molar-refractivity contribution >= 4 is 17.5 Å². The molecule has 0 aliphatic carbocycles. The lowest BCUT2D eigenvalue weighted by molar-refractivity contribution is 0.417. The quantitative estimate of drug-likeness (QED) is 0.859. The van der Waals surface area contributed by atoms with Gasteiger partial charge in [-0.25, -0.2) is 0 Å². The molecule has 0 aliphatic rings. The molecule has 6 nitrogen and oxygen atoms in total. The summed E-state index contributed by atoms with van der Waals surface area (Å²) in [5, 5.41) is 14.1. The molecule has 0 aliphatic heterocycles. The number of hydrogen-bond donors (Lipinski definition) is 2. The monoisotopic (exact) mass is 259 g/mol. The van der Waals surface area contributed by atoms with Crippen LogP contribution in [0.3, 0.4) is 0 Å². The third kappa shape index (κ3) is 3.54. The molecule has 0 fully saturated rings. The van der Waals surface area contributed by atoms with Crippen LogP contribution in [0.2, 0.25) is 0 Å². The molecule has 0 spiro atoms. The van der Waals surface area contributed by atoms with Crippen molar-refractivity contribution in [1.82, 2.24) is 15.2 Å². The van der Waals surface area contributed by atoms with E-state index in [1.807, 2.05) is 38.1 Å². The van der Waals surface area contributed by atoms with E-state index < -0.39 is 0 Å². The van der Waals surface area contributed by atoms with Gasteiger partial charge in [-0.05, 0) is 26.0 Å². The molecule has 1 aromatic heterocycles. The van der Waals surface area contributed by atoms with Crippen molar-refractivity contribution in [2.75, 3.05) is 17.7 Å². The minimum absolute atomic E-state index is 0.253. The average Bonchev–Trinajstić information content (AvgIpc) is 2.39. The highest BCUT2D eigenvalue weighted by Gasteiger charge is 2.05. The summed E-state index contributed by atoms with van der Waals surface area (Å²) in [6.07, 6.45) is 1.57. The second-order valence-corrected chi connectivity index (χ2v) is 4.29. The first-order chi connectivity index (χ1) is 9.19. The Morgan fingerprint density at radius 1 is 1.21 bits per heavy atom. The van der Waals surface area contributed by atoms with Gasteiger partial charge in [0.15, 0.2) is 5.82 Å². The van der Waals surface area contributed by atoms with Gasteiger partial charge in [-0.2, -0.15) is 10.1 Å². The lowest BCUT2D eigenvalue weighted by atomic mass is 10.3. The minimum Gasteiger partial charge on any atom is -0.495 e. The first-order valence-corrected chi connectivity index (χ1v) is 6.05. The Morgan fingerprint density at radius 3 is 2.74 bits per heavy atom. The van der Waals surface area contributed by atoms with Crippen molar-refractivity contribution in [3.8, 4) is 5.75 Å². The van der Waals surface area contributed by atoms with Gasteiger partial charge in [-0.1, -0.05) is 12.1 Å². The van der Waals surface area contributed by atoms with Crippen LogP contribution in [0.1, 0.15) is 13.8 Å². The molecule has 0 saturated heterocycles. The zero-order chi connectivity index (χ0) is 13.7. The fraction of sp³-hybridized carbons (Fsp3) is 0.308. The van der Waals surface area contributed by atoms with Gasteiger partial charge in [-0.3, -0.25) is 0 Å². The van der Waals surface area contributed by atoms with Crippen molar-refractivity contribution in [3.63, 3.8) is 0 Å². The van der Waals surface area contributed by atoms with Crippen LogP contribution >= 0.6 is 0 Å². The Kier molecular flexibility index (Phi) is 4.12. The van der Waals surface area contributed by atoms with Crippen LogP contribution in [-0.2, 0) is 0 Å². The molecule has 6 heteroatoms. The van der Waals surface area contributed by atoms with Gasteiger partial charge in [0.1, 0.15) is 5.75 Å². The molecule has 0 bridgehead atoms. The number of para-hydroxylation sites is 2. The molecule has 1 aromatic carbocycles. The van der Waals surface area contributed by atoms with Crippen LogP contribution in [-0.4, -0.2) is 28.3 Å². The Labute approximate surface area is 112 Å². The number of nitrogens with one attached hydrogen (secondary N) is 2. The van der Waals surface area contributed by atoms with Crippen LogP contribution < -0.4 is 15.4 Å². The normalized spacial score (nSPS) is 10.3. The van der Waals surface area contributed by atoms with E-state index in [0.29, 0.717) is 11.8 Å². The molecule has 0 unspecified atom stereocenters. The van der Waals surface area contributed by atoms with Crippen molar-refractivity contribution < 1.29 is 4.74 Å². The van der Waals surface area contributed by atoms with E-state index in [1.165, 1.54) is 0 Å². The van der Waals surface area contributed by atoms with Crippen LogP contribution in [0.15, 0.2) is 30.5 Å². The number of nitrogens with zero attached hydrogens (tertiary/aromatic N) is 3. The molecule has 0 saturated carbocycles. The molecule has 0 radical (unpaired) electrons. The Balaban J connectivity index is 2.18. The van der Waals surface area contributed by atoms with Crippen LogP contribution in [0.4, 0.5) is 17.5 Å². The SMILES string of the molecule is COc1ccccc1Nc1cnnc(NC(C)C)n1. The summed E-state index contributed by atoms with van der Waals surface area (Å²) in [6, 6.07) is 7.88. The lowest BCUT2D eigenvalue weighted by Crippen LogP contribution is -2.13. The van der Waals surface area contributed by atoms with Crippen LogP contribution in [0, 0.1) is 0 Å². The summed E-state index contributed by atoms with van der Waals surface area (Å²) < 4.78 is 5.27. The van der Waals surface area contributed by atoms with Crippen LogP contribution in [0.5, 0.6) is 5.75 Å². The van der Waals surface area contributed by atoms with Crippen molar-refractivity contribution in [2.24, 2.45) is 0 Å². The third-order valence-corrected chi connectivity index (χ3v) is 2.35. The Bertz CT molecular complexity index is 544. The number of aromatic nitrogens is 3.